The van der Waals surface area contributed by atoms with E-state index in [0.717, 1.165) is 5.69 Å². The number of nitrogens with one attached hydrogen (secondary N) is 3. The molecule has 35 heavy (non-hydrogen) atoms. The van der Waals surface area contributed by atoms with E-state index >= 15 is 0 Å². The molecule has 0 fully saturated rings. The number of aromatic nitrogens is 2. The van der Waals surface area contributed by atoms with Crippen molar-refractivity contribution in [3.05, 3.63) is 70.9 Å². The second-order valence-corrected chi connectivity index (χ2v) is 9.28. The second kappa shape index (κ2) is 10.4. The molecular formula is C24H25ClF3N5O2. The van der Waals surface area contributed by atoms with Crippen LogP contribution >= 0.6 is 11.6 Å². The van der Waals surface area contributed by atoms with E-state index in [-0.39, 0.29) is 18.4 Å². The van der Waals surface area contributed by atoms with E-state index in [4.69, 9.17) is 11.6 Å². The van der Waals surface area contributed by atoms with Crippen LogP contribution in [0.15, 0.2) is 54.6 Å². The topological polar surface area (TPSA) is 88.0 Å². The Balaban J connectivity index is 1.81. The van der Waals surface area contributed by atoms with Crippen LogP contribution in [0.1, 0.15) is 32.0 Å². The van der Waals surface area contributed by atoms with Gasteiger partial charge < -0.3 is 10.6 Å². The van der Waals surface area contributed by atoms with Crippen molar-refractivity contribution < 1.29 is 22.8 Å². The minimum absolute atomic E-state index is 0.179. The maximum atomic E-state index is 12.7. The first kappa shape index (κ1) is 26.1. The fourth-order valence-electron chi connectivity index (χ4n) is 3.14. The minimum Gasteiger partial charge on any atom is -0.348 e. The molecule has 11 heteroatoms. The largest absolute Gasteiger partial charge is 0.471 e. The predicted octanol–water partition coefficient (Wildman–Crippen LogP) is 5.69. The van der Waals surface area contributed by atoms with Gasteiger partial charge in [0.2, 0.25) is 0 Å². The molecule has 0 bridgehead atoms. The third kappa shape index (κ3) is 7.22. The highest BCUT2D eigenvalue weighted by atomic mass is 35.5. The molecule has 0 saturated heterocycles. The number of hydrogen-bond donors (Lipinski definition) is 3. The number of alkyl halides is 3. The highest BCUT2D eigenvalue weighted by molar-refractivity contribution is 6.30. The Kier molecular flexibility index (Phi) is 7.74. The second-order valence-electron chi connectivity index (χ2n) is 8.84. The molecule has 7 nitrogen and oxygen atoms in total. The summed E-state index contributed by atoms with van der Waals surface area (Å²) in [6.45, 7) is 5.76. The average Bonchev–Trinajstić information content (AvgIpc) is 3.17. The number of halogens is 4. The van der Waals surface area contributed by atoms with Gasteiger partial charge in [0.1, 0.15) is 5.82 Å². The van der Waals surface area contributed by atoms with Crippen molar-refractivity contribution >= 4 is 35.0 Å². The molecule has 0 atom stereocenters. The van der Waals surface area contributed by atoms with E-state index in [2.05, 4.69) is 15.7 Å². The number of rotatable bonds is 6. The lowest BCUT2D eigenvalue weighted by Gasteiger charge is -2.14. The van der Waals surface area contributed by atoms with Gasteiger partial charge in [-0.2, -0.15) is 18.3 Å². The van der Waals surface area contributed by atoms with E-state index in [0.29, 0.717) is 27.8 Å². The Morgan fingerprint density at radius 3 is 2.37 bits per heavy atom. The fraction of sp³-hybridized carbons (Fsp3) is 0.292. The summed E-state index contributed by atoms with van der Waals surface area (Å²) in [5.74, 6) is -1.58. The van der Waals surface area contributed by atoms with Crippen LogP contribution < -0.4 is 16.0 Å². The van der Waals surface area contributed by atoms with Gasteiger partial charge in [0, 0.05) is 28.7 Å². The summed E-state index contributed by atoms with van der Waals surface area (Å²) in [6, 6.07) is 14.9. The van der Waals surface area contributed by atoms with Crippen LogP contribution in [0, 0.1) is 0 Å². The molecule has 3 rings (SSSR count). The van der Waals surface area contributed by atoms with Crippen LogP contribution in [0.4, 0.5) is 29.5 Å². The highest BCUT2D eigenvalue weighted by Crippen LogP contribution is 2.27. The van der Waals surface area contributed by atoms with Gasteiger partial charge in [0.15, 0.2) is 0 Å². The van der Waals surface area contributed by atoms with Gasteiger partial charge in [-0.3, -0.25) is 10.1 Å². The molecular weight excluding hydrogens is 483 g/mol. The number of carbonyl (C=O) groups excluding carboxylic acids is 2. The molecule has 1 aromatic heterocycles. The lowest BCUT2D eigenvalue weighted by atomic mass is 9.92. The molecule has 0 unspecified atom stereocenters. The number of hydrogen-bond acceptors (Lipinski definition) is 3. The zero-order chi connectivity index (χ0) is 25.8. The monoisotopic (exact) mass is 507 g/mol. The molecule has 0 radical (unpaired) electrons. The Morgan fingerprint density at radius 1 is 1.00 bits per heavy atom. The van der Waals surface area contributed by atoms with E-state index in [9.17, 15) is 22.8 Å². The van der Waals surface area contributed by atoms with Crippen LogP contribution in [0.5, 0.6) is 0 Å². The van der Waals surface area contributed by atoms with E-state index < -0.39 is 18.1 Å². The van der Waals surface area contributed by atoms with Crippen molar-refractivity contribution in [1.29, 1.82) is 0 Å². The average molecular weight is 508 g/mol. The molecule has 3 N–H and O–H groups in total. The summed E-state index contributed by atoms with van der Waals surface area (Å²) in [5, 5.41) is 12.5. The lowest BCUT2D eigenvalue weighted by Crippen LogP contribution is -2.37. The maximum absolute atomic E-state index is 12.7. The molecule has 0 aliphatic rings. The summed E-state index contributed by atoms with van der Waals surface area (Å²) in [5.41, 5.74) is 2.20. The van der Waals surface area contributed by atoms with Gasteiger partial charge in [0.25, 0.3) is 0 Å². The van der Waals surface area contributed by atoms with Crippen molar-refractivity contribution in [2.45, 2.75) is 38.8 Å². The summed E-state index contributed by atoms with van der Waals surface area (Å²) in [6.07, 6.45) is -4.74. The third-order valence-corrected chi connectivity index (χ3v) is 5.15. The fourth-order valence-corrected chi connectivity index (χ4v) is 3.33. The minimum atomic E-state index is -4.92. The molecule has 2 aromatic carbocycles. The van der Waals surface area contributed by atoms with Crippen molar-refractivity contribution in [2.75, 3.05) is 17.2 Å². The SMILES string of the molecule is CC(C)(C)c1cc(NC(=O)Nc2cccc(Cl)c2)n(-c2cccc(CCNC(=O)C(F)(F)F)c2)n1. The predicted molar refractivity (Wildman–Crippen MR) is 129 cm³/mol. The third-order valence-electron chi connectivity index (χ3n) is 4.91. The quantitative estimate of drug-likeness (QED) is 0.400. The number of nitrogens with zero attached hydrogens (tertiary/aromatic N) is 2. The first-order valence-corrected chi connectivity index (χ1v) is 11.1. The number of benzene rings is 2. The van der Waals surface area contributed by atoms with Crippen molar-refractivity contribution in [3.8, 4) is 5.69 Å². The molecule has 0 aliphatic carbocycles. The zero-order valence-corrected chi connectivity index (χ0v) is 20.1. The first-order chi connectivity index (χ1) is 16.3. The van der Waals surface area contributed by atoms with E-state index in [1.165, 1.54) is 0 Å². The van der Waals surface area contributed by atoms with Gasteiger partial charge in [0.05, 0.1) is 11.4 Å². The number of anilines is 2. The normalized spacial score (nSPS) is 11.7. The van der Waals surface area contributed by atoms with Crippen LogP contribution in [0.25, 0.3) is 5.69 Å². The number of amides is 3. The summed E-state index contributed by atoms with van der Waals surface area (Å²) in [7, 11) is 0. The summed E-state index contributed by atoms with van der Waals surface area (Å²) >= 11 is 5.97. The van der Waals surface area contributed by atoms with Crippen molar-refractivity contribution in [1.82, 2.24) is 15.1 Å². The molecule has 186 valence electrons. The Labute approximate surface area is 205 Å². The summed E-state index contributed by atoms with van der Waals surface area (Å²) < 4.78 is 38.7. The summed E-state index contributed by atoms with van der Waals surface area (Å²) in [4.78, 5) is 23.7. The standard InChI is InChI=1S/C24H25ClF3N5O2/c1-23(2,3)19-14-20(31-22(35)30-17-8-5-7-16(25)13-17)33(32-19)18-9-4-6-15(12-18)10-11-29-21(34)24(26,27)28/h4-9,12-14H,10-11H2,1-3H3,(H,29,34)(H2,30,31,35). The van der Waals surface area contributed by atoms with Gasteiger partial charge in [-0.25, -0.2) is 9.48 Å². The van der Waals surface area contributed by atoms with Gasteiger partial charge in [-0.05, 0) is 42.3 Å². The first-order valence-electron chi connectivity index (χ1n) is 10.7. The van der Waals surface area contributed by atoms with E-state index in [1.807, 2.05) is 26.1 Å². The van der Waals surface area contributed by atoms with Gasteiger partial charge in [-0.1, -0.05) is 50.6 Å². The maximum Gasteiger partial charge on any atom is 0.471 e. The zero-order valence-electron chi connectivity index (χ0n) is 19.3. The smallest absolute Gasteiger partial charge is 0.348 e. The van der Waals surface area contributed by atoms with Crippen LogP contribution in [0.3, 0.4) is 0 Å². The Morgan fingerprint density at radius 2 is 1.71 bits per heavy atom. The molecule has 0 saturated carbocycles. The van der Waals surface area contributed by atoms with Crippen LogP contribution in [-0.2, 0) is 16.6 Å². The van der Waals surface area contributed by atoms with Crippen molar-refractivity contribution in [3.63, 3.8) is 0 Å². The number of urea groups is 1. The van der Waals surface area contributed by atoms with Gasteiger partial charge in [-0.15, -0.1) is 0 Å². The molecule has 1 heterocycles. The van der Waals surface area contributed by atoms with E-state index in [1.54, 1.807) is 59.3 Å². The molecule has 3 aromatic rings. The van der Waals surface area contributed by atoms with Crippen molar-refractivity contribution in [2.24, 2.45) is 0 Å². The van der Waals surface area contributed by atoms with Crippen LogP contribution in [-0.4, -0.2) is 34.4 Å². The van der Waals surface area contributed by atoms with Gasteiger partial charge >= 0.3 is 18.1 Å². The number of carbonyl (C=O) groups is 2. The molecule has 3 amide bonds. The Bertz CT molecular complexity index is 1220. The lowest BCUT2D eigenvalue weighted by molar-refractivity contribution is -0.173. The molecule has 0 spiro atoms. The Hall–Kier alpha value is -3.53. The molecule has 0 aliphatic heterocycles. The highest BCUT2D eigenvalue weighted by Gasteiger charge is 2.38. The van der Waals surface area contributed by atoms with Crippen LogP contribution in [0.2, 0.25) is 5.02 Å².